The number of nitrogens with two attached hydrogens (primary N) is 1. The number of fused-ring (bicyclic) bond motifs is 1. The van der Waals surface area contributed by atoms with Gasteiger partial charge >= 0.3 is 0 Å². The van der Waals surface area contributed by atoms with Crippen molar-refractivity contribution >= 4 is 11.7 Å². The lowest BCUT2D eigenvalue weighted by atomic mass is 10.1. The van der Waals surface area contributed by atoms with Crippen molar-refractivity contribution in [2.45, 2.75) is 18.9 Å². The minimum absolute atomic E-state index is 0.0954. The third kappa shape index (κ3) is 2.96. The number of nitrogens with zero attached hydrogens (tertiary/aromatic N) is 2. The minimum Gasteiger partial charge on any atom is -0.480 e. The van der Waals surface area contributed by atoms with Crippen molar-refractivity contribution < 1.29 is 14.7 Å². The number of oxime groups is 1. The number of likely N-dealkylation sites (N-methyl/N-ethyl adjacent to an activating group) is 1. The zero-order chi connectivity index (χ0) is 13.8. The van der Waals surface area contributed by atoms with Crippen LogP contribution in [-0.2, 0) is 11.2 Å². The average Bonchev–Trinajstić information content (AvgIpc) is 2.87. The molecular weight excluding hydrogens is 246 g/mol. The van der Waals surface area contributed by atoms with Crippen LogP contribution in [-0.4, -0.2) is 41.5 Å². The van der Waals surface area contributed by atoms with E-state index in [-0.39, 0.29) is 11.7 Å². The van der Waals surface area contributed by atoms with E-state index in [9.17, 15) is 4.79 Å². The van der Waals surface area contributed by atoms with Crippen molar-refractivity contribution in [2.75, 3.05) is 13.6 Å². The van der Waals surface area contributed by atoms with Gasteiger partial charge in [0.1, 0.15) is 11.6 Å². The normalized spacial score (nSPS) is 17.7. The molecule has 0 aliphatic carbocycles. The fourth-order valence-corrected chi connectivity index (χ4v) is 2.01. The van der Waals surface area contributed by atoms with E-state index in [1.807, 2.05) is 24.3 Å². The summed E-state index contributed by atoms with van der Waals surface area (Å²) in [6.45, 7) is 0.394. The van der Waals surface area contributed by atoms with Crippen LogP contribution in [0.5, 0.6) is 5.75 Å². The summed E-state index contributed by atoms with van der Waals surface area (Å²) in [5.41, 5.74) is 6.42. The Labute approximate surface area is 111 Å². The lowest BCUT2D eigenvalue weighted by molar-refractivity contribution is -0.136. The summed E-state index contributed by atoms with van der Waals surface area (Å²) < 4.78 is 5.62. The highest BCUT2D eigenvalue weighted by Gasteiger charge is 2.30. The molecule has 1 amide bonds. The van der Waals surface area contributed by atoms with Gasteiger partial charge in [-0.1, -0.05) is 23.4 Å². The molecule has 1 heterocycles. The maximum atomic E-state index is 12.2. The first-order valence-electron chi connectivity index (χ1n) is 6.07. The molecule has 102 valence electrons. The van der Waals surface area contributed by atoms with E-state index in [1.54, 1.807) is 7.05 Å². The van der Waals surface area contributed by atoms with Crippen LogP contribution in [0.3, 0.4) is 0 Å². The summed E-state index contributed by atoms with van der Waals surface area (Å²) in [7, 11) is 1.68. The number of carbonyl (C=O) groups excluding carboxylic acids is 1. The second-order valence-corrected chi connectivity index (χ2v) is 4.52. The monoisotopic (exact) mass is 263 g/mol. The molecule has 1 atom stereocenters. The Kier molecular flexibility index (Phi) is 3.89. The van der Waals surface area contributed by atoms with E-state index in [0.717, 1.165) is 11.3 Å². The summed E-state index contributed by atoms with van der Waals surface area (Å²) >= 11 is 0. The van der Waals surface area contributed by atoms with Gasteiger partial charge in [0.05, 0.1) is 0 Å². The zero-order valence-electron chi connectivity index (χ0n) is 10.7. The smallest absolute Gasteiger partial charge is 0.263 e. The minimum atomic E-state index is -0.477. The van der Waals surface area contributed by atoms with E-state index in [0.29, 0.717) is 19.4 Å². The highest BCUT2D eigenvalue weighted by Crippen LogP contribution is 2.28. The number of para-hydroxylation sites is 1. The molecular formula is C13H17N3O3. The van der Waals surface area contributed by atoms with Crippen LogP contribution in [0.15, 0.2) is 29.4 Å². The summed E-state index contributed by atoms with van der Waals surface area (Å²) in [6.07, 6.45) is 0.441. The molecule has 3 N–H and O–H groups in total. The van der Waals surface area contributed by atoms with E-state index < -0.39 is 6.10 Å². The Morgan fingerprint density at radius 2 is 2.32 bits per heavy atom. The maximum absolute atomic E-state index is 12.2. The highest BCUT2D eigenvalue weighted by molar-refractivity contribution is 5.84. The molecule has 0 radical (unpaired) electrons. The number of rotatable bonds is 4. The van der Waals surface area contributed by atoms with Gasteiger partial charge in [-0.2, -0.15) is 0 Å². The first-order valence-corrected chi connectivity index (χ1v) is 6.07. The molecule has 0 saturated heterocycles. The van der Waals surface area contributed by atoms with Gasteiger partial charge in [-0.15, -0.1) is 0 Å². The number of hydrogen-bond donors (Lipinski definition) is 2. The second-order valence-electron chi connectivity index (χ2n) is 4.52. The quantitative estimate of drug-likeness (QED) is 0.360. The Hall–Kier alpha value is -2.24. The largest absolute Gasteiger partial charge is 0.480 e. The third-order valence-corrected chi connectivity index (χ3v) is 3.13. The van der Waals surface area contributed by atoms with Crippen LogP contribution in [0.25, 0.3) is 0 Å². The Balaban J connectivity index is 1.92. The Bertz CT molecular complexity index is 477. The molecule has 1 unspecified atom stereocenters. The van der Waals surface area contributed by atoms with Gasteiger partial charge < -0.3 is 20.6 Å². The number of benzene rings is 1. The number of hydrogen-bond acceptors (Lipinski definition) is 4. The molecule has 19 heavy (non-hydrogen) atoms. The van der Waals surface area contributed by atoms with Gasteiger partial charge in [-0.25, -0.2) is 0 Å². The van der Waals surface area contributed by atoms with E-state index in [4.69, 9.17) is 15.7 Å². The van der Waals surface area contributed by atoms with Gasteiger partial charge in [-0.05, 0) is 11.6 Å². The van der Waals surface area contributed by atoms with E-state index in [1.165, 1.54) is 4.90 Å². The molecule has 6 heteroatoms. The van der Waals surface area contributed by atoms with Gasteiger partial charge in [0, 0.05) is 26.4 Å². The molecule has 1 aromatic carbocycles. The van der Waals surface area contributed by atoms with Crippen LogP contribution >= 0.6 is 0 Å². The molecule has 0 bridgehead atoms. The molecule has 0 fully saturated rings. The van der Waals surface area contributed by atoms with Crippen LogP contribution in [0, 0.1) is 0 Å². The molecule has 0 spiro atoms. The zero-order valence-corrected chi connectivity index (χ0v) is 10.7. The molecule has 1 aliphatic heterocycles. The molecule has 6 nitrogen and oxygen atoms in total. The molecule has 0 aromatic heterocycles. The first kappa shape index (κ1) is 13.2. The lowest BCUT2D eigenvalue weighted by Crippen LogP contribution is -2.40. The predicted molar refractivity (Wildman–Crippen MR) is 70.2 cm³/mol. The Morgan fingerprint density at radius 3 is 3.00 bits per heavy atom. The van der Waals surface area contributed by atoms with Crippen molar-refractivity contribution in [3.63, 3.8) is 0 Å². The third-order valence-electron chi connectivity index (χ3n) is 3.13. The Morgan fingerprint density at radius 1 is 1.58 bits per heavy atom. The summed E-state index contributed by atoms with van der Waals surface area (Å²) in [5, 5.41) is 11.3. The predicted octanol–water partition coefficient (Wildman–Crippen LogP) is 0.585. The number of amides is 1. The maximum Gasteiger partial charge on any atom is 0.263 e. The van der Waals surface area contributed by atoms with Crippen molar-refractivity contribution in [1.29, 1.82) is 0 Å². The standard InChI is InChI=1S/C13H17N3O3/c1-16(7-6-12(14)15-18)13(17)11-8-9-4-2-3-5-10(9)19-11/h2-5,11,18H,6-8H2,1H3,(H2,14,15). The van der Waals surface area contributed by atoms with Crippen LogP contribution in [0.4, 0.5) is 0 Å². The van der Waals surface area contributed by atoms with Crippen LogP contribution < -0.4 is 10.5 Å². The van der Waals surface area contributed by atoms with Crippen molar-refractivity contribution in [1.82, 2.24) is 4.90 Å². The van der Waals surface area contributed by atoms with Crippen molar-refractivity contribution in [3.05, 3.63) is 29.8 Å². The molecule has 2 rings (SSSR count). The fourth-order valence-electron chi connectivity index (χ4n) is 2.01. The number of ether oxygens (including phenoxy) is 1. The summed E-state index contributed by atoms with van der Waals surface area (Å²) in [6, 6.07) is 7.63. The molecule has 0 saturated carbocycles. The highest BCUT2D eigenvalue weighted by atomic mass is 16.5. The summed E-state index contributed by atoms with van der Waals surface area (Å²) in [4.78, 5) is 13.7. The lowest BCUT2D eigenvalue weighted by Gasteiger charge is -2.20. The van der Waals surface area contributed by atoms with Gasteiger partial charge in [0.25, 0.3) is 5.91 Å². The average molecular weight is 263 g/mol. The van der Waals surface area contributed by atoms with Gasteiger partial charge in [0.15, 0.2) is 6.10 Å². The van der Waals surface area contributed by atoms with Crippen LogP contribution in [0.2, 0.25) is 0 Å². The van der Waals surface area contributed by atoms with E-state index in [2.05, 4.69) is 5.16 Å². The van der Waals surface area contributed by atoms with Gasteiger partial charge in [-0.3, -0.25) is 4.79 Å². The first-order chi connectivity index (χ1) is 9.11. The SMILES string of the molecule is CN(CC/C(N)=N/O)C(=O)C1Cc2ccccc2O1. The van der Waals surface area contributed by atoms with Crippen molar-refractivity contribution in [3.8, 4) is 5.75 Å². The van der Waals surface area contributed by atoms with Crippen molar-refractivity contribution in [2.24, 2.45) is 10.9 Å². The van der Waals surface area contributed by atoms with E-state index >= 15 is 0 Å². The fraction of sp³-hybridized carbons (Fsp3) is 0.385. The number of amidine groups is 1. The second kappa shape index (κ2) is 5.60. The number of carbonyl (C=O) groups is 1. The molecule has 1 aliphatic rings. The topological polar surface area (TPSA) is 88.1 Å². The van der Waals surface area contributed by atoms with Gasteiger partial charge in [0.2, 0.25) is 0 Å². The summed E-state index contributed by atoms with van der Waals surface area (Å²) in [5.74, 6) is 0.780. The van der Waals surface area contributed by atoms with Crippen LogP contribution in [0.1, 0.15) is 12.0 Å². The molecule has 1 aromatic rings.